The van der Waals surface area contributed by atoms with Crippen LogP contribution in [0.15, 0.2) is 12.4 Å². The number of amides is 1. The molecule has 0 bridgehead atoms. The molecule has 3 unspecified atom stereocenters. The van der Waals surface area contributed by atoms with E-state index in [0.29, 0.717) is 0 Å². The highest BCUT2D eigenvalue weighted by Gasteiger charge is 2.43. The zero-order valence-electron chi connectivity index (χ0n) is 12.5. The summed E-state index contributed by atoms with van der Waals surface area (Å²) in [6, 6.07) is -0.0561. The van der Waals surface area contributed by atoms with Gasteiger partial charge in [-0.1, -0.05) is 6.42 Å². The Morgan fingerprint density at radius 1 is 1.57 bits per heavy atom. The molecule has 3 atom stereocenters. The molecule has 1 amide bonds. The van der Waals surface area contributed by atoms with E-state index >= 15 is 0 Å². The largest absolute Gasteiger partial charge is 0.376 e. The van der Waals surface area contributed by atoms with E-state index in [1.165, 1.54) is 0 Å². The summed E-state index contributed by atoms with van der Waals surface area (Å²) in [7, 11) is 0. The minimum atomic E-state index is -0.462. The summed E-state index contributed by atoms with van der Waals surface area (Å²) in [5, 5.41) is 7.25. The minimum Gasteiger partial charge on any atom is -0.376 e. The van der Waals surface area contributed by atoms with E-state index < -0.39 is 5.41 Å². The molecule has 6 nitrogen and oxygen atoms in total. The summed E-state index contributed by atoms with van der Waals surface area (Å²) in [5.74, 6) is 0.00386. The Balaban J connectivity index is 1.60. The second-order valence-electron chi connectivity index (χ2n) is 6.46. The fourth-order valence-corrected chi connectivity index (χ4v) is 3.27. The Labute approximate surface area is 125 Å². The number of rotatable bonds is 4. The van der Waals surface area contributed by atoms with Gasteiger partial charge in [-0.3, -0.25) is 9.48 Å². The third-order valence-electron chi connectivity index (χ3n) is 4.85. The molecule has 1 aliphatic heterocycles. The van der Waals surface area contributed by atoms with E-state index in [9.17, 15) is 4.79 Å². The van der Waals surface area contributed by atoms with Gasteiger partial charge in [-0.25, -0.2) is 0 Å². The van der Waals surface area contributed by atoms with Gasteiger partial charge in [0.15, 0.2) is 0 Å². The van der Waals surface area contributed by atoms with Gasteiger partial charge in [-0.05, 0) is 32.6 Å². The van der Waals surface area contributed by atoms with Crippen molar-refractivity contribution in [2.75, 3.05) is 11.9 Å². The third kappa shape index (κ3) is 2.96. The smallest absolute Gasteiger partial charge is 0.231 e. The van der Waals surface area contributed by atoms with Crippen LogP contribution in [0.4, 0.5) is 5.69 Å². The number of hydrogen-bond acceptors (Lipinski definition) is 4. The molecule has 1 aromatic rings. The monoisotopic (exact) mass is 292 g/mol. The van der Waals surface area contributed by atoms with Crippen molar-refractivity contribution >= 4 is 11.6 Å². The minimum absolute atomic E-state index is 0.00386. The summed E-state index contributed by atoms with van der Waals surface area (Å²) in [6.07, 6.45) is 8.78. The Morgan fingerprint density at radius 3 is 3.10 bits per heavy atom. The van der Waals surface area contributed by atoms with E-state index in [-0.39, 0.29) is 18.1 Å². The lowest BCUT2D eigenvalue weighted by atomic mass is 9.84. The van der Waals surface area contributed by atoms with Crippen LogP contribution in [0.3, 0.4) is 0 Å². The van der Waals surface area contributed by atoms with Gasteiger partial charge < -0.3 is 15.8 Å². The summed E-state index contributed by atoms with van der Waals surface area (Å²) >= 11 is 0. The van der Waals surface area contributed by atoms with Crippen LogP contribution in [0.1, 0.15) is 39.0 Å². The predicted molar refractivity (Wildman–Crippen MR) is 79.8 cm³/mol. The summed E-state index contributed by atoms with van der Waals surface area (Å²) in [4.78, 5) is 12.4. The second kappa shape index (κ2) is 5.77. The van der Waals surface area contributed by atoms with Crippen LogP contribution in [0.5, 0.6) is 0 Å². The van der Waals surface area contributed by atoms with Crippen molar-refractivity contribution in [3.63, 3.8) is 0 Å². The molecule has 21 heavy (non-hydrogen) atoms. The lowest BCUT2D eigenvalue weighted by Gasteiger charge is -2.27. The number of hydrogen-bond donors (Lipinski definition) is 2. The van der Waals surface area contributed by atoms with Crippen molar-refractivity contribution < 1.29 is 9.53 Å². The topological polar surface area (TPSA) is 82.2 Å². The average Bonchev–Trinajstić information content (AvgIpc) is 3.16. The van der Waals surface area contributed by atoms with Crippen molar-refractivity contribution in [1.29, 1.82) is 0 Å². The number of ether oxygens (including phenoxy) is 1. The van der Waals surface area contributed by atoms with Crippen LogP contribution in [0, 0.1) is 5.41 Å². The van der Waals surface area contributed by atoms with Crippen LogP contribution in [0.25, 0.3) is 0 Å². The predicted octanol–water partition coefficient (Wildman–Crippen LogP) is 1.52. The number of carbonyl (C=O) groups excluding carboxylic acids is 1. The van der Waals surface area contributed by atoms with Gasteiger partial charge >= 0.3 is 0 Å². The lowest BCUT2D eigenvalue weighted by Crippen LogP contribution is -2.44. The van der Waals surface area contributed by atoms with Crippen LogP contribution in [-0.2, 0) is 16.1 Å². The molecular weight excluding hydrogens is 268 g/mol. The normalized spacial score (nSPS) is 32.5. The van der Waals surface area contributed by atoms with Gasteiger partial charge in [-0.2, -0.15) is 5.10 Å². The zero-order valence-corrected chi connectivity index (χ0v) is 12.5. The fraction of sp³-hybridized carbons (Fsp3) is 0.733. The Morgan fingerprint density at radius 2 is 2.43 bits per heavy atom. The molecule has 2 fully saturated rings. The molecule has 1 saturated carbocycles. The zero-order chi connectivity index (χ0) is 14.9. The maximum atomic E-state index is 12.4. The van der Waals surface area contributed by atoms with Crippen molar-refractivity contribution in [1.82, 2.24) is 9.78 Å². The number of carbonyl (C=O) groups is 1. The molecule has 2 aliphatic rings. The van der Waals surface area contributed by atoms with Gasteiger partial charge in [0.2, 0.25) is 5.91 Å². The highest BCUT2D eigenvalue weighted by molar-refractivity contribution is 5.95. The van der Waals surface area contributed by atoms with Gasteiger partial charge in [0, 0.05) is 18.8 Å². The first-order valence-electron chi connectivity index (χ1n) is 7.79. The van der Waals surface area contributed by atoms with E-state index in [4.69, 9.17) is 10.5 Å². The standard InChI is InChI=1S/C15H24N4O2/c1-15(6-2-5-13(15)16)14(20)18-11-8-17-19(9-11)10-12-4-3-7-21-12/h8-9,12-13H,2-7,10,16H2,1H3,(H,18,20). The molecule has 0 radical (unpaired) electrons. The molecule has 3 N–H and O–H groups in total. The van der Waals surface area contributed by atoms with Gasteiger partial charge in [-0.15, -0.1) is 0 Å². The Bertz CT molecular complexity index is 510. The molecule has 6 heteroatoms. The Kier molecular flexibility index (Phi) is 3.99. The summed E-state index contributed by atoms with van der Waals surface area (Å²) < 4.78 is 7.43. The van der Waals surface area contributed by atoms with E-state index in [1.807, 2.05) is 17.8 Å². The van der Waals surface area contributed by atoms with E-state index in [2.05, 4.69) is 10.4 Å². The van der Waals surface area contributed by atoms with Crippen molar-refractivity contribution in [3.8, 4) is 0 Å². The Hall–Kier alpha value is -1.40. The van der Waals surface area contributed by atoms with E-state index in [1.54, 1.807) is 6.20 Å². The molecule has 3 rings (SSSR count). The first-order chi connectivity index (χ1) is 10.1. The molecule has 116 valence electrons. The molecule has 1 aliphatic carbocycles. The van der Waals surface area contributed by atoms with Crippen LogP contribution < -0.4 is 11.1 Å². The maximum absolute atomic E-state index is 12.4. The first-order valence-corrected chi connectivity index (χ1v) is 7.79. The second-order valence-corrected chi connectivity index (χ2v) is 6.46. The third-order valence-corrected chi connectivity index (χ3v) is 4.85. The van der Waals surface area contributed by atoms with Gasteiger partial charge in [0.05, 0.1) is 29.9 Å². The molecule has 2 heterocycles. The lowest BCUT2D eigenvalue weighted by molar-refractivity contribution is -0.125. The van der Waals surface area contributed by atoms with Crippen molar-refractivity contribution in [2.24, 2.45) is 11.1 Å². The van der Waals surface area contributed by atoms with E-state index in [0.717, 1.165) is 50.9 Å². The number of anilines is 1. The molecule has 0 spiro atoms. The number of nitrogens with zero attached hydrogens (tertiary/aromatic N) is 2. The number of nitrogens with one attached hydrogen (secondary N) is 1. The summed E-state index contributed by atoms with van der Waals surface area (Å²) in [6.45, 7) is 3.54. The summed E-state index contributed by atoms with van der Waals surface area (Å²) in [5.41, 5.74) is 6.36. The van der Waals surface area contributed by atoms with Crippen molar-refractivity contribution in [2.45, 2.75) is 57.7 Å². The SMILES string of the molecule is CC1(C(=O)Nc2cnn(CC3CCCO3)c2)CCCC1N. The van der Waals surface area contributed by atoms with Gasteiger partial charge in [0.25, 0.3) is 0 Å². The van der Waals surface area contributed by atoms with Crippen LogP contribution in [0.2, 0.25) is 0 Å². The molecule has 1 saturated heterocycles. The fourth-order valence-electron chi connectivity index (χ4n) is 3.27. The van der Waals surface area contributed by atoms with Crippen LogP contribution in [-0.4, -0.2) is 34.4 Å². The highest BCUT2D eigenvalue weighted by atomic mass is 16.5. The quantitative estimate of drug-likeness (QED) is 0.881. The molecular formula is C15H24N4O2. The molecule has 1 aromatic heterocycles. The van der Waals surface area contributed by atoms with Gasteiger partial charge in [0.1, 0.15) is 0 Å². The maximum Gasteiger partial charge on any atom is 0.231 e. The molecule has 0 aromatic carbocycles. The first kappa shape index (κ1) is 14.5. The van der Waals surface area contributed by atoms with Crippen LogP contribution >= 0.6 is 0 Å². The number of aromatic nitrogens is 2. The highest BCUT2D eigenvalue weighted by Crippen LogP contribution is 2.37. The number of nitrogens with two attached hydrogens (primary N) is 1. The van der Waals surface area contributed by atoms with Crippen molar-refractivity contribution in [3.05, 3.63) is 12.4 Å². The average molecular weight is 292 g/mol.